The van der Waals surface area contributed by atoms with E-state index >= 15 is 0 Å². The van der Waals surface area contributed by atoms with Crippen molar-refractivity contribution in [2.24, 2.45) is 0 Å². The van der Waals surface area contributed by atoms with Crippen LogP contribution in [0.1, 0.15) is 27.7 Å². The van der Waals surface area contributed by atoms with Crippen LogP contribution >= 0.6 is 0 Å². The van der Waals surface area contributed by atoms with E-state index in [4.69, 9.17) is 9.57 Å². The van der Waals surface area contributed by atoms with Gasteiger partial charge in [0.2, 0.25) is 5.91 Å². The molecule has 1 fully saturated rings. The number of alkyl carbamates (subject to hydrolysis) is 1. The third-order valence-electron chi connectivity index (χ3n) is 1.85. The van der Waals surface area contributed by atoms with Gasteiger partial charge in [-0.25, -0.2) is 4.79 Å². The van der Waals surface area contributed by atoms with Gasteiger partial charge in [0.15, 0.2) is 0 Å². The van der Waals surface area contributed by atoms with Crippen molar-refractivity contribution >= 4 is 17.9 Å². The first-order valence-electron chi connectivity index (χ1n) is 5.17. The number of amides is 3. The zero-order valence-corrected chi connectivity index (χ0v) is 10.3. The maximum atomic E-state index is 11.6. The lowest BCUT2D eigenvalue weighted by Crippen LogP contribution is -2.45. The van der Waals surface area contributed by atoms with E-state index in [0.29, 0.717) is 5.06 Å². The number of hydrogen-bond acceptors (Lipinski definition) is 5. The Hall–Kier alpha value is -1.63. The van der Waals surface area contributed by atoms with Gasteiger partial charge in [0.1, 0.15) is 18.2 Å². The highest BCUT2D eigenvalue weighted by atomic mass is 16.7. The second-order valence-electron chi connectivity index (χ2n) is 4.65. The van der Waals surface area contributed by atoms with Crippen molar-refractivity contribution in [3.8, 4) is 0 Å². The van der Waals surface area contributed by atoms with Gasteiger partial charge in [-0.2, -0.15) is 5.06 Å². The zero-order chi connectivity index (χ0) is 13.2. The highest BCUT2D eigenvalue weighted by Gasteiger charge is 2.37. The quantitative estimate of drug-likeness (QED) is 0.712. The summed E-state index contributed by atoms with van der Waals surface area (Å²) in [5, 5.41) is 2.97. The Morgan fingerprint density at radius 2 is 2.06 bits per heavy atom. The van der Waals surface area contributed by atoms with Gasteiger partial charge >= 0.3 is 6.09 Å². The van der Waals surface area contributed by atoms with Crippen molar-refractivity contribution in [2.45, 2.75) is 39.3 Å². The average molecular weight is 244 g/mol. The Morgan fingerprint density at radius 1 is 1.47 bits per heavy atom. The minimum Gasteiger partial charge on any atom is -0.444 e. The lowest BCUT2D eigenvalue weighted by molar-refractivity contribution is -0.176. The summed E-state index contributed by atoms with van der Waals surface area (Å²) >= 11 is 0. The summed E-state index contributed by atoms with van der Waals surface area (Å²) in [7, 11) is 0. The SMILES string of the molecule is CC(=O)N1OC[C@@H](NC(=O)OC(C)(C)C)C1=O. The number of carbonyl (C=O) groups is 3. The van der Waals surface area contributed by atoms with Gasteiger partial charge in [0.25, 0.3) is 5.91 Å². The van der Waals surface area contributed by atoms with Crippen LogP contribution in [0, 0.1) is 0 Å². The van der Waals surface area contributed by atoms with Crippen LogP contribution < -0.4 is 5.32 Å². The molecule has 0 spiro atoms. The predicted octanol–water partition coefficient (Wildman–Crippen LogP) is 0.200. The topological polar surface area (TPSA) is 84.9 Å². The van der Waals surface area contributed by atoms with Crippen molar-refractivity contribution < 1.29 is 24.0 Å². The molecule has 96 valence electrons. The van der Waals surface area contributed by atoms with Crippen molar-refractivity contribution in [2.75, 3.05) is 6.61 Å². The Labute approximate surface area is 99.0 Å². The maximum absolute atomic E-state index is 11.6. The third-order valence-corrected chi connectivity index (χ3v) is 1.85. The van der Waals surface area contributed by atoms with E-state index in [9.17, 15) is 14.4 Å². The summed E-state index contributed by atoms with van der Waals surface area (Å²) in [5.41, 5.74) is -0.646. The largest absolute Gasteiger partial charge is 0.444 e. The highest BCUT2D eigenvalue weighted by molar-refractivity contribution is 5.98. The molecule has 0 unspecified atom stereocenters. The van der Waals surface area contributed by atoms with Crippen LogP contribution in [0.5, 0.6) is 0 Å². The molecule has 17 heavy (non-hydrogen) atoms. The van der Waals surface area contributed by atoms with Crippen LogP contribution in [0.2, 0.25) is 0 Å². The van der Waals surface area contributed by atoms with Gasteiger partial charge in [-0.15, -0.1) is 0 Å². The molecule has 0 bridgehead atoms. The molecule has 0 aliphatic carbocycles. The Bertz CT molecular complexity index is 347. The fourth-order valence-corrected chi connectivity index (χ4v) is 1.22. The molecule has 1 heterocycles. The number of imide groups is 1. The molecule has 3 amide bonds. The highest BCUT2D eigenvalue weighted by Crippen LogP contribution is 2.10. The van der Waals surface area contributed by atoms with Crippen LogP contribution in [0.25, 0.3) is 0 Å². The summed E-state index contributed by atoms with van der Waals surface area (Å²) in [4.78, 5) is 38.7. The summed E-state index contributed by atoms with van der Waals surface area (Å²) in [6, 6.07) is -0.881. The van der Waals surface area contributed by atoms with Gasteiger partial charge in [0, 0.05) is 6.92 Å². The molecule has 1 N–H and O–H groups in total. The average Bonchev–Trinajstić information content (AvgIpc) is 2.44. The molecule has 0 aromatic rings. The molecule has 7 heteroatoms. The molecular formula is C10H16N2O5. The smallest absolute Gasteiger partial charge is 0.408 e. The zero-order valence-electron chi connectivity index (χ0n) is 10.3. The van der Waals surface area contributed by atoms with Crippen molar-refractivity contribution in [3.05, 3.63) is 0 Å². The van der Waals surface area contributed by atoms with E-state index in [2.05, 4.69) is 5.32 Å². The molecule has 0 saturated carbocycles. The summed E-state index contributed by atoms with van der Waals surface area (Å²) in [6.07, 6.45) is -0.718. The molecule has 0 aromatic carbocycles. The van der Waals surface area contributed by atoms with Gasteiger partial charge in [-0.05, 0) is 20.8 Å². The van der Waals surface area contributed by atoms with Crippen LogP contribution in [-0.4, -0.2) is 41.2 Å². The minimum atomic E-state index is -0.881. The first-order valence-corrected chi connectivity index (χ1v) is 5.17. The van der Waals surface area contributed by atoms with Gasteiger partial charge in [-0.1, -0.05) is 0 Å². The molecule has 1 aliphatic rings. The number of carbonyl (C=O) groups excluding carboxylic acids is 3. The summed E-state index contributed by atoms with van der Waals surface area (Å²) in [6.45, 7) is 6.26. The van der Waals surface area contributed by atoms with Crippen LogP contribution in [0.15, 0.2) is 0 Å². The predicted molar refractivity (Wildman–Crippen MR) is 56.6 cm³/mol. The Kier molecular flexibility index (Phi) is 3.72. The molecule has 1 saturated heterocycles. The second-order valence-corrected chi connectivity index (χ2v) is 4.65. The standard InChI is InChI=1S/C10H16N2O5/c1-6(13)12-8(14)7(5-16-12)11-9(15)17-10(2,3)4/h7H,5H2,1-4H3,(H,11,15)/t7-/m1/s1. The van der Waals surface area contributed by atoms with Crippen molar-refractivity contribution in [1.82, 2.24) is 10.4 Å². The summed E-state index contributed by atoms with van der Waals surface area (Å²) < 4.78 is 4.98. The summed E-state index contributed by atoms with van der Waals surface area (Å²) in [5.74, 6) is -1.12. The number of nitrogens with one attached hydrogen (secondary N) is 1. The fraction of sp³-hybridized carbons (Fsp3) is 0.700. The van der Waals surface area contributed by atoms with E-state index in [1.807, 2.05) is 0 Å². The first kappa shape index (κ1) is 13.4. The van der Waals surface area contributed by atoms with E-state index in [0.717, 1.165) is 0 Å². The molecule has 7 nitrogen and oxygen atoms in total. The number of hydroxylamine groups is 2. The number of ether oxygens (including phenoxy) is 1. The molecule has 1 aliphatic heterocycles. The van der Waals surface area contributed by atoms with E-state index in [-0.39, 0.29) is 6.61 Å². The molecular weight excluding hydrogens is 228 g/mol. The lowest BCUT2D eigenvalue weighted by Gasteiger charge is -2.20. The van der Waals surface area contributed by atoms with Crippen LogP contribution in [0.4, 0.5) is 4.79 Å². The molecule has 0 aromatic heterocycles. The van der Waals surface area contributed by atoms with Gasteiger partial charge in [0.05, 0.1) is 0 Å². The van der Waals surface area contributed by atoms with E-state index < -0.39 is 29.6 Å². The maximum Gasteiger partial charge on any atom is 0.408 e. The van der Waals surface area contributed by atoms with E-state index in [1.54, 1.807) is 20.8 Å². The second kappa shape index (κ2) is 4.70. The van der Waals surface area contributed by atoms with Crippen LogP contribution in [0.3, 0.4) is 0 Å². The number of rotatable bonds is 1. The Morgan fingerprint density at radius 3 is 2.47 bits per heavy atom. The third kappa shape index (κ3) is 3.70. The van der Waals surface area contributed by atoms with E-state index in [1.165, 1.54) is 6.92 Å². The van der Waals surface area contributed by atoms with Gasteiger partial charge < -0.3 is 10.1 Å². The van der Waals surface area contributed by atoms with Crippen molar-refractivity contribution in [3.63, 3.8) is 0 Å². The van der Waals surface area contributed by atoms with Crippen LogP contribution in [-0.2, 0) is 19.2 Å². The van der Waals surface area contributed by atoms with Gasteiger partial charge in [-0.3, -0.25) is 14.4 Å². The minimum absolute atomic E-state index is 0.0718. The number of hydrogen-bond donors (Lipinski definition) is 1. The van der Waals surface area contributed by atoms with Crippen molar-refractivity contribution in [1.29, 1.82) is 0 Å². The monoisotopic (exact) mass is 244 g/mol. The Balaban J connectivity index is 2.52. The molecule has 0 radical (unpaired) electrons. The number of nitrogens with zero attached hydrogens (tertiary/aromatic N) is 1. The lowest BCUT2D eigenvalue weighted by atomic mass is 10.2. The first-order chi connectivity index (χ1) is 7.70. The molecule has 1 atom stereocenters. The molecule has 1 rings (SSSR count). The fourth-order valence-electron chi connectivity index (χ4n) is 1.22. The normalized spacial score (nSPS) is 20.4.